The summed E-state index contributed by atoms with van der Waals surface area (Å²) in [6.07, 6.45) is 0. The standard InChI is InChI=1S/C12H15N3O3S2/c16-11-2-1-10(15(17)18)7-9(11)8-20-12(19)14-5-3-13-4-6-14/h1-2,7,13,16H,3-6,8H2. The van der Waals surface area contributed by atoms with Gasteiger partial charge in [0.2, 0.25) is 0 Å². The van der Waals surface area contributed by atoms with Crippen molar-refractivity contribution in [2.45, 2.75) is 5.75 Å². The van der Waals surface area contributed by atoms with Gasteiger partial charge in [-0.25, -0.2) is 0 Å². The molecule has 1 aromatic carbocycles. The second-order valence-electron chi connectivity index (χ2n) is 4.36. The molecule has 0 aromatic heterocycles. The van der Waals surface area contributed by atoms with Crippen molar-refractivity contribution in [3.63, 3.8) is 0 Å². The number of benzene rings is 1. The number of piperazine rings is 1. The molecule has 20 heavy (non-hydrogen) atoms. The van der Waals surface area contributed by atoms with E-state index in [0.717, 1.165) is 30.5 Å². The summed E-state index contributed by atoms with van der Waals surface area (Å²) in [5.74, 6) is 0.488. The van der Waals surface area contributed by atoms with Gasteiger partial charge in [-0.2, -0.15) is 0 Å². The number of hydrogen-bond acceptors (Lipinski definition) is 6. The molecule has 0 amide bonds. The van der Waals surface area contributed by atoms with Crippen LogP contribution in [0.2, 0.25) is 0 Å². The number of nitrogens with one attached hydrogen (secondary N) is 1. The van der Waals surface area contributed by atoms with E-state index in [9.17, 15) is 15.2 Å². The molecule has 2 rings (SSSR count). The van der Waals surface area contributed by atoms with Gasteiger partial charge >= 0.3 is 0 Å². The third kappa shape index (κ3) is 3.81. The first-order valence-corrected chi connectivity index (χ1v) is 7.56. The van der Waals surface area contributed by atoms with Crippen LogP contribution in [0.4, 0.5) is 5.69 Å². The summed E-state index contributed by atoms with van der Waals surface area (Å²) < 4.78 is 0.761. The largest absolute Gasteiger partial charge is 0.508 e. The average Bonchev–Trinajstić information content (AvgIpc) is 2.46. The molecule has 1 heterocycles. The Labute approximate surface area is 126 Å². The second kappa shape index (κ2) is 6.87. The lowest BCUT2D eigenvalue weighted by molar-refractivity contribution is -0.384. The van der Waals surface area contributed by atoms with Crippen LogP contribution in [-0.2, 0) is 5.75 Å². The number of nitrogens with zero attached hydrogens (tertiary/aromatic N) is 2. The number of phenolic OH excluding ortho intramolecular Hbond substituents is 1. The van der Waals surface area contributed by atoms with Crippen LogP contribution in [0.25, 0.3) is 0 Å². The maximum Gasteiger partial charge on any atom is 0.270 e. The van der Waals surface area contributed by atoms with E-state index in [0.29, 0.717) is 11.3 Å². The Balaban J connectivity index is 1.97. The van der Waals surface area contributed by atoms with Gasteiger partial charge in [0.1, 0.15) is 10.1 Å². The molecule has 1 aromatic rings. The molecule has 1 fully saturated rings. The third-order valence-electron chi connectivity index (χ3n) is 3.00. The monoisotopic (exact) mass is 313 g/mol. The quantitative estimate of drug-likeness (QED) is 0.500. The van der Waals surface area contributed by atoms with E-state index in [1.165, 1.54) is 30.0 Å². The first-order valence-electron chi connectivity index (χ1n) is 6.16. The smallest absolute Gasteiger partial charge is 0.270 e. The Hall–Kier alpha value is -1.38. The van der Waals surface area contributed by atoms with E-state index in [2.05, 4.69) is 10.2 Å². The minimum atomic E-state index is -0.470. The molecule has 0 spiro atoms. The Morgan fingerprint density at radius 3 is 2.85 bits per heavy atom. The summed E-state index contributed by atoms with van der Waals surface area (Å²) in [7, 11) is 0. The number of phenols is 1. The number of nitro benzene ring substituents is 1. The molecule has 0 bridgehead atoms. The maximum absolute atomic E-state index is 10.7. The number of hydrogen-bond donors (Lipinski definition) is 2. The lowest BCUT2D eigenvalue weighted by atomic mass is 10.2. The fourth-order valence-corrected chi connectivity index (χ4v) is 3.11. The Bertz CT molecular complexity index is 519. The fourth-order valence-electron chi connectivity index (χ4n) is 1.88. The van der Waals surface area contributed by atoms with Gasteiger partial charge < -0.3 is 15.3 Å². The highest BCUT2D eigenvalue weighted by Crippen LogP contribution is 2.27. The minimum absolute atomic E-state index is 0.0218. The normalized spacial score (nSPS) is 15.1. The van der Waals surface area contributed by atoms with Crippen LogP contribution in [0.1, 0.15) is 5.56 Å². The summed E-state index contributed by atoms with van der Waals surface area (Å²) in [6.45, 7) is 3.55. The van der Waals surface area contributed by atoms with Crippen molar-refractivity contribution in [3.8, 4) is 5.75 Å². The van der Waals surface area contributed by atoms with Crippen LogP contribution >= 0.6 is 24.0 Å². The van der Waals surface area contributed by atoms with E-state index in [4.69, 9.17) is 12.2 Å². The molecule has 6 nitrogen and oxygen atoms in total. The van der Waals surface area contributed by atoms with Crippen molar-refractivity contribution in [2.75, 3.05) is 26.2 Å². The molecular weight excluding hydrogens is 298 g/mol. The molecule has 8 heteroatoms. The zero-order valence-corrected chi connectivity index (χ0v) is 12.4. The van der Waals surface area contributed by atoms with Gasteiger partial charge in [-0.1, -0.05) is 24.0 Å². The third-order valence-corrected chi connectivity index (χ3v) is 4.57. The van der Waals surface area contributed by atoms with Crippen molar-refractivity contribution in [1.29, 1.82) is 0 Å². The van der Waals surface area contributed by atoms with E-state index in [1.807, 2.05) is 0 Å². The van der Waals surface area contributed by atoms with Crippen molar-refractivity contribution in [3.05, 3.63) is 33.9 Å². The summed E-state index contributed by atoms with van der Waals surface area (Å²) in [6, 6.07) is 4.03. The van der Waals surface area contributed by atoms with E-state index in [-0.39, 0.29) is 11.4 Å². The first kappa shape index (κ1) is 15.0. The van der Waals surface area contributed by atoms with Gasteiger partial charge in [-0.05, 0) is 6.07 Å². The predicted octanol–water partition coefficient (Wildman–Crippen LogP) is 1.72. The molecule has 0 aliphatic carbocycles. The summed E-state index contributed by atoms with van der Waals surface area (Å²) in [4.78, 5) is 12.4. The zero-order valence-electron chi connectivity index (χ0n) is 10.7. The number of thioether (sulfide) groups is 1. The molecule has 1 aliphatic rings. The van der Waals surface area contributed by atoms with E-state index >= 15 is 0 Å². The zero-order chi connectivity index (χ0) is 14.5. The van der Waals surface area contributed by atoms with Crippen molar-refractivity contribution < 1.29 is 10.0 Å². The van der Waals surface area contributed by atoms with Crippen molar-refractivity contribution in [1.82, 2.24) is 10.2 Å². The van der Waals surface area contributed by atoms with Gasteiger partial charge in [-0.3, -0.25) is 10.1 Å². The molecular formula is C12H15N3O3S2. The average molecular weight is 313 g/mol. The summed E-state index contributed by atoms with van der Waals surface area (Å²) in [5, 5.41) is 23.7. The Morgan fingerprint density at radius 2 is 2.20 bits per heavy atom. The molecule has 1 saturated heterocycles. The summed E-state index contributed by atoms with van der Waals surface area (Å²) >= 11 is 6.76. The van der Waals surface area contributed by atoms with Gasteiger partial charge in [0, 0.05) is 49.6 Å². The number of thiocarbonyl (C=S) groups is 1. The SMILES string of the molecule is O=[N+]([O-])c1ccc(O)c(CSC(=S)N2CCNCC2)c1. The second-order valence-corrected chi connectivity index (χ2v) is 5.97. The molecule has 0 unspecified atom stereocenters. The van der Waals surface area contributed by atoms with Gasteiger partial charge in [0.25, 0.3) is 5.69 Å². The molecule has 108 valence electrons. The molecule has 1 aliphatic heterocycles. The minimum Gasteiger partial charge on any atom is -0.508 e. The number of non-ortho nitro benzene ring substituents is 1. The van der Waals surface area contributed by atoms with Crippen LogP contribution in [0.3, 0.4) is 0 Å². The topological polar surface area (TPSA) is 78.6 Å². The van der Waals surface area contributed by atoms with Crippen molar-refractivity contribution in [2.24, 2.45) is 0 Å². The maximum atomic E-state index is 10.7. The van der Waals surface area contributed by atoms with Crippen LogP contribution in [0.15, 0.2) is 18.2 Å². The Morgan fingerprint density at radius 1 is 1.50 bits per heavy atom. The first-order chi connectivity index (χ1) is 9.58. The number of rotatable bonds is 3. The van der Waals surface area contributed by atoms with Gasteiger partial charge in [0.15, 0.2) is 0 Å². The predicted molar refractivity (Wildman–Crippen MR) is 83.1 cm³/mol. The van der Waals surface area contributed by atoms with Crippen LogP contribution in [0, 0.1) is 10.1 Å². The number of aromatic hydroxyl groups is 1. The Kier molecular flexibility index (Phi) is 5.16. The molecule has 2 N–H and O–H groups in total. The highest BCUT2D eigenvalue weighted by molar-refractivity contribution is 8.22. The highest BCUT2D eigenvalue weighted by atomic mass is 32.2. The lowest BCUT2D eigenvalue weighted by Crippen LogP contribution is -2.44. The van der Waals surface area contributed by atoms with E-state index < -0.39 is 4.92 Å². The van der Waals surface area contributed by atoms with E-state index in [1.54, 1.807) is 0 Å². The van der Waals surface area contributed by atoms with Crippen LogP contribution in [-0.4, -0.2) is 45.4 Å². The molecule has 0 radical (unpaired) electrons. The lowest BCUT2D eigenvalue weighted by Gasteiger charge is -2.29. The number of nitro groups is 1. The van der Waals surface area contributed by atoms with Crippen molar-refractivity contribution >= 4 is 34.0 Å². The van der Waals surface area contributed by atoms with Crippen LogP contribution < -0.4 is 5.32 Å². The van der Waals surface area contributed by atoms with Gasteiger partial charge in [-0.15, -0.1) is 0 Å². The fraction of sp³-hybridized carbons (Fsp3) is 0.417. The summed E-state index contributed by atoms with van der Waals surface area (Å²) in [5.41, 5.74) is 0.508. The van der Waals surface area contributed by atoms with Gasteiger partial charge in [0.05, 0.1) is 4.92 Å². The molecule has 0 saturated carbocycles. The molecule has 0 atom stereocenters. The van der Waals surface area contributed by atoms with Crippen LogP contribution in [0.5, 0.6) is 5.75 Å². The highest BCUT2D eigenvalue weighted by Gasteiger charge is 2.15.